The molecule has 3 rings (SSSR count). The fourth-order valence-electron chi connectivity index (χ4n) is 3.43. The van der Waals surface area contributed by atoms with Crippen LogP contribution in [-0.4, -0.2) is 30.7 Å². The van der Waals surface area contributed by atoms with Crippen molar-refractivity contribution in [2.75, 3.05) is 6.61 Å². The zero-order valence-electron chi connectivity index (χ0n) is 21.1. The minimum Gasteiger partial charge on any atom is -0.490 e. The molecule has 3 aromatic rings. The fourth-order valence-corrected chi connectivity index (χ4v) is 4.32. The number of halogens is 3. The second kappa shape index (κ2) is 14.2. The van der Waals surface area contributed by atoms with Gasteiger partial charge in [-0.15, -0.1) is 0 Å². The summed E-state index contributed by atoms with van der Waals surface area (Å²) in [6.45, 7) is 6.23. The van der Waals surface area contributed by atoms with Gasteiger partial charge < -0.3 is 14.8 Å². The summed E-state index contributed by atoms with van der Waals surface area (Å²) in [5.41, 5.74) is 4.42. The van der Waals surface area contributed by atoms with Gasteiger partial charge in [0.05, 0.1) is 17.3 Å². The summed E-state index contributed by atoms with van der Waals surface area (Å²) in [5.74, 6) is 0.0453. The van der Waals surface area contributed by atoms with Crippen LogP contribution in [0.2, 0.25) is 10.0 Å². The molecule has 0 aliphatic carbocycles. The highest BCUT2D eigenvalue weighted by Crippen LogP contribution is 2.37. The maximum atomic E-state index is 12.8. The molecule has 2 amide bonds. The summed E-state index contributed by atoms with van der Waals surface area (Å²) in [7, 11) is 0. The van der Waals surface area contributed by atoms with Crippen LogP contribution in [0.3, 0.4) is 0 Å². The molecule has 0 radical (unpaired) electrons. The molecule has 10 heteroatoms. The number of amides is 2. The van der Waals surface area contributed by atoms with E-state index in [2.05, 4.69) is 31.8 Å². The van der Waals surface area contributed by atoms with E-state index in [0.717, 1.165) is 5.56 Å². The quantitative estimate of drug-likeness (QED) is 0.186. The third kappa shape index (κ3) is 8.21. The second-order valence-electron chi connectivity index (χ2n) is 8.58. The van der Waals surface area contributed by atoms with Crippen molar-refractivity contribution < 1.29 is 19.1 Å². The SMILES string of the molecule is CCOc1cc(/C=N/NC(=O)C(NC(=O)c2ccc(Cl)cc2)C(C)C)cc(Br)c1OCc1ccccc1Cl. The monoisotopic (exact) mass is 619 g/mol. The number of benzene rings is 3. The average molecular weight is 621 g/mol. The van der Waals surface area contributed by atoms with Gasteiger partial charge in [0, 0.05) is 21.2 Å². The van der Waals surface area contributed by atoms with Crippen LogP contribution in [0.15, 0.2) is 70.2 Å². The van der Waals surface area contributed by atoms with E-state index in [1.807, 2.05) is 39.0 Å². The van der Waals surface area contributed by atoms with Gasteiger partial charge in [0.25, 0.3) is 11.8 Å². The van der Waals surface area contributed by atoms with Crippen LogP contribution in [0.25, 0.3) is 0 Å². The van der Waals surface area contributed by atoms with Crippen LogP contribution in [0.4, 0.5) is 0 Å². The maximum Gasteiger partial charge on any atom is 0.262 e. The minimum atomic E-state index is -0.790. The summed E-state index contributed by atoms with van der Waals surface area (Å²) in [4.78, 5) is 25.4. The zero-order chi connectivity index (χ0) is 27.7. The highest BCUT2D eigenvalue weighted by Gasteiger charge is 2.24. The Hall–Kier alpha value is -3.07. The molecule has 0 saturated carbocycles. The Labute approximate surface area is 240 Å². The molecule has 1 unspecified atom stereocenters. The lowest BCUT2D eigenvalue weighted by Crippen LogP contribution is -2.48. The van der Waals surface area contributed by atoms with Crippen LogP contribution >= 0.6 is 39.1 Å². The predicted molar refractivity (Wildman–Crippen MR) is 154 cm³/mol. The molecule has 7 nitrogen and oxygen atoms in total. The summed E-state index contributed by atoms with van der Waals surface area (Å²) < 4.78 is 12.4. The molecule has 0 aliphatic rings. The van der Waals surface area contributed by atoms with E-state index in [1.165, 1.54) is 6.21 Å². The van der Waals surface area contributed by atoms with Crippen LogP contribution < -0.4 is 20.2 Å². The molecule has 0 aliphatic heterocycles. The lowest BCUT2D eigenvalue weighted by molar-refractivity contribution is -0.123. The normalized spacial score (nSPS) is 11.9. The molecule has 38 heavy (non-hydrogen) atoms. The van der Waals surface area contributed by atoms with Gasteiger partial charge >= 0.3 is 0 Å². The number of hydrazone groups is 1. The minimum absolute atomic E-state index is 0.172. The number of hydrogen-bond acceptors (Lipinski definition) is 5. The molecular formula is C28H28BrCl2N3O4. The third-order valence-corrected chi connectivity index (χ3v) is 6.60. The van der Waals surface area contributed by atoms with Gasteiger partial charge in [0.15, 0.2) is 11.5 Å². The highest BCUT2D eigenvalue weighted by atomic mass is 79.9. The Morgan fingerprint density at radius 1 is 1.05 bits per heavy atom. The summed E-state index contributed by atoms with van der Waals surface area (Å²) in [6, 6.07) is 16.6. The second-order valence-corrected chi connectivity index (χ2v) is 10.3. The molecule has 0 spiro atoms. The van der Waals surface area contributed by atoms with Crippen molar-refractivity contribution in [1.82, 2.24) is 10.7 Å². The largest absolute Gasteiger partial charge is 0.490 e. The lowest BCUT2D eigenvalue weighted by Gasteiger charge is -2.20. The molecule has 0 saturated heterocycles. The van der Waals surface area contributed by atoms with Crippen molar-refractivity contribution >= 4 is 57.2 Å². The lowest BCUT2D eigenvalue weighted by atomic mass is 10.0. The van der Waals surface area contributed by atoms with E-state index in [-0.39, 0.29) is 18.4 Å². The zero-order valence-corrected chi connectivity index (χ0v) is 24.2. The first-order valence-corrected chi connectivity index (χ1v) is 13.5. The number of carbonyl (C=O) groups excluding carboxylic acids is 2. The van der Waals surface area contributed by atoms with Gasteiger partial charge in [-0.1, -0.05) is 55.2 Å². The summed E-state index contributed by atoms with van der Waals surface area (Å²) in [5, 5.41) is 7.98. The van der Waals surface area contributed by atoms with Crippen LogP contribution in [0, 0.1) is 5.92 Å². The number of hydrogen-bond donors (Lipinski definition) is 2. The standard InChI is InChI=1S/C28H28BrCl2N3O4/c1-4-37-24-14-18(13-22(29)26(24)38-16-20-7-5-6-8-23(20)31)15-32-34-28(36)25(17(2)3)33-27(35)19-9-11-21(30)12-10-19/h5-15,17,25H,4,16H2,1-3H3,(H,33,35)(H,34,36)/b32-15+. The fraction of sp³-hybridized carbons (Fsp3) is 0.250. The van der Waals surface area contributed by atoms with E-state index in [4.69, 9.17) is 32.7 Å². The van der Waals surface area contributed by atoms with E-state index in [1.54, 1.807) is 42.5 Å². The molecule has 1 atom stereocenters. The van der Waals surface area contributed by atoms with Crippen LogP contribution in [0.1, 0.15) is 42.3 Å². The number of nitrogens with zero attached hydrogens (tertiary/aromatic N) is 1. The smallest absolute Gasteiger partial charge is 0.262 e. The number of carbonyl (C=O) groups is 2. The predicted octanol–water partition coefficient (Wildman–Crippen LogP) is 6.64. The van der Waals surface area contributed by atoms with Crippen molar-refractivity contribution in [2.24, 2.45) is 11.0 Å². The van der Waals surface area contributed by atoms with Crippen molar-refractivity contribution in [1.29, 1.82) is 0 Å². The molecule has 0 heterocycles. The van der Waals surface area contributed by atoms with Crippen molar-refractivity contribution in [2.45, 2.75) is 33.4 Å². The van der Waals surface area contributed by atoms with Crippen LogP contribution in [0.5, 0.6) is 11.5 Å². The Balaban J connectivity index is 1.69. The first-order valence-electron chi connectivity index (χ1n) is 11.9. The molecule has 0 aromatic heterocycles. The molecule has 2 N–H and O–H groups in total. The van der Waals surface area contributed by atoms with Gasteiger partial charge in [0.2, 0.25) is 0 Å². The number of rotatable bonds is 11. The van der Waals surface area contributed by atoms with Gasteiger partial charge in [-0.2, -0.15) is 5.10 Å². The summed E-state index contributed by atoms with van der Waals surface area (Å²) >= 11 is 15.7. The maximum absolute atomic E-state index is 12.8. The first-order chi connectivity index (χ1) is 18.2. The van der Waals surface area contributed by atoms with E-state index in [0.29, 0.717) is 43.8 Å². The van der Waals surface area contributed by atoms with E-state index in [9.17, 15) is 9.59 Å². The van der Waals surface area contributed by atoms with Gasteiger partial charge in [-0.3, -0.25) is 9.59 Å². The van der Waals surface area contributed by atoms with Gasteiger partial charge in [-0.05, 0) is 76.8 Å². The average Bonchev–Trinajstić information content (AvgIpc) is 2.88. The van der Waals surface area contributed by atoms with Crippen molar-refractivity contribution in [3.63, 3.8) is 0 Å². The van der Waals surface area contributed by atoms with Gasteiger partial charge in [-0.25, -0.2) is 5.43 Å². The Bertz CT molecular complexity index is 1300. The topological polar surface area (TPSA) is 89.0 Å². The van der Waals surface area contributed by atoms with E-state index >= 15 is 0 Å². The number of nitrogens with one attached hydrogen (secondary N) is 2. The molecule has 0 fully saturated rings. The summed E-state index contributed by atoms with van der Waals surface area (Å²) in [6.07, 6.45) is 1.49. The van der Waals surface area contributed by atoms with Crippen molar-refractivity contribution in [3.05, 3.63) is 91.9 Å². The third-order valence-electron chi connectivity index (χ3n) is 5.39. The molecule has 0 bridgehead atoms. The highest BCUT2D eigenvalue weighted by molar-refractivity contribution is 9.10. The van der Waals surface area contributed by atoms with Gasteiger partial charge in [0.1, 0.15) is 12.6 Å². The van der Waals surface area contributed by atoms with Crippen LogP contribution in [-0.2, 0) is 11.4 Å². The van der Waals surface area contributed by atoms with Crippen molar-refractivity contribution in [3.8, 4) is 11.5 Å². The molecule has 200 valence electrons. The molecule has 3 aromatic carbocycles. The first kappa shape index (κ1) is 29.5. The van der Waals surface area contributed by atoms with E-state index < -0.39 is 11.9 Å². The Kier molecular flexibility index (Phi) is 11.0. The molecular weight excluding hydrogens is 593 g/mol. The Morgan fingerprint density at radius 2 is 1.76 bits per heavy atom. The Morgan fingerprint density at radius 3 is 2.42 bits per heavy atom. The number of ether oxygens (including phenoxy) is 2.